The summed E-state index contributed by atoms with van der Waals surface area (Å²) in [5.74, 6) is 1.33. The summed E-state index contributed by atoms with van der Waals surface area (Å²) in [6.07, 6.45) is 8.79. The molecule has 2 aliphatic rings. The molecule has 0 spiro atoms. The minimum atomic E-state index is -0.139. The first-order chi connectivity index (χ1) is 11.2. The molecule has 3 heterocycles. The topological polar surface area (TPSA) is 83.3 Å². The summed E-state index contributed by atoms with van der Waals surface area (Å²) in [6, 6.07) is 1.89. The Morgan fingerprint density at radius 1 is 1.35 bits per heavy atom. The Morgan fingerprint density at radius 2 is 2.26 bits per heavy atom. The van der Waals surface area contributed by atoms with Gasteiger partial charge in [-0.15, -0.1) is 0 Å². The van der Waals surface area contributed by atoms with E-state index in [-0.39, 0.29) is 5.91 Å². The van der Waals surface area contributed by atoms with Gasteiger partial charge in [-0.1, -0.05) is 11.6 Å². The van der Waals surface area contributed by atoms with Crippen LogP contribution in [0.3, 0.4) is 0 Å². The van der Waals surface area contributed by atoms with Gasteiger partial charge < -0.3 is 16.0 Å². The van der Waals surface area contributed by atoms with E-state index >= 15 is 0 Å². The molecular formula is C16H18N6O. The van der Waals surface area contributed by atoms with E-state index in [0.29, 0.717) is 23.6 Å². The van der Waals surface area contributed by atoms with Gasteiger partial charge in [-0.3, -0.25) is 4.79 Å². The summed E-state index contributed by atoms with van der Waals surface area (Å²) in [7, 11) is 1.82. The van der Waals surface area contributed by atoms with E-state index < -0.39 is 0 Å². The maximum absolute atomic E-state index is 12.4. The van der Waals surface area contributed by atoms with Crippen LogP contribution >= 0.6 is 0 Å². The van der Waals surface area contributed by atoms with Crippen LogP contribution in [-0.4, -0.2) is 34.1 Å². The fourth-order valence-electron chi connectivity index (χ4n) is 2.99. The monoisotopic (exact) mass is 310 g/mol. The summed E-state index contributed by atoms with van der Waals surface area (Å²) in [6.45, 7) is 0.619. The molecule has 2 aromatic heterocycles. The maximum atomic E-state index is 12.4. The van der Waals surface area contributed by atoms with Crippen molar-refractivity contribution in [3.05, 3.63) is 41.2 Å². The number of rotatable bonds is 1. The minimum absolute atomic E-state index is 0.139. The quantitative estimate of drug-likeness (QED) is 0.749. The number of hydrogen-bond acceptors (Lipinski definition) is 5. The molecule has 0 unspecified atom stereocenters. The molecule has 0 saturated carbocycles. The van der Waals surface area contributed by atoms with Crippen molar-refractivity contribution in [3.8, 4) is 0 Å². The first kappa shape index (κ1) is 13.8. The smallest absolute Gasteiger partial charge is 0.256 e. The number of nitrogens with zero attached hydrogens (tertiary/aromatic N) is 3. The normalized spacial score (nSPS) is 17.5. The van der Waals surface area contributed by atoms with E-state index in [2.05, 4.69) is 38.2 Å². The number of aromatic nitrogens is 3. The fourth-order valence-corrected chi connectivity index (χ4v) is 2.99. The van der Waals surface area contributed by atoms with Gasteiger partial charge in [-0.2, -0.15) is 9.61 Å². The van der Waals surface area contributed by atoms with Crippen molar-refractivity contribution < 1.29 is 4.79 Å². The Balaban J connectivity index is 1.88. The summed E-state index contributed by atoms with van der Waals surface area (Å²) >= 11 is 0. The number of carbonyl (C=O) groups is 1. The van der Waals surface area contributed by atoms with Crippen LogP contribution in [0.5, 0.6) is 0 Å². The minimum Gasteiger partial charge on any atom is -0.373 e. The zero-order valence-electron chi connectivity index (χ0n) is 12.9. The lowest BCUT2D eigenvalue weighted by molar-refractivity contribution is 0.0955. The summed E-state index contributed by atoms with van der Waals surface area (Å²) in [5.41, 5.74) is 3.41. The largest absolute Gasteiger partial charge is 0.373 e. The first-order valence-electron chi connectivity index (χ1n) is 7.76. The van der Waals surface area contributed by atoms with Gasteiger partial charge in [0.1, 0.15) is 17.2 Å². The van der Waals surface area contributed by atoms with Crippen LogP contribution in [0.15, 0.2) is 35.7 Å². The molecular weight excluding hydrogens is 292 g/mol. The number of amides is 1. The molecule has 2 aromatic rings. The van der Waals surface area contributed by atoms with Crippen LogP contribution in [0, 0.1) is 0 Å². The second-order valence-corrected chi connectivity index (χ2v) is 5.70. The molecule has 1 amide bonds. The molecule has 7 nitrogen and oxygen atoms in total. The van der Waals surface area contributed by atoms with E-state index in [9.17, 15) is 4.79 Å². The Kier molecular flexibility index (Phi) is 3.25. The lowest BCUT2D eigenvalue weighted by atomic mass is 10.00. The SMILES string of the molecule is CNc1cc2nc3c(cnn13)C(=O)NCCC1=CC(=CCC1)N2. The van der Waals surface area contributed by atoms with E-state index in [1.54, 1.807) is 10.7 Å². The fraction of sp³-hybridized carbons (Fsp3) is 0.312. The van der Waals surface area contributed by atoms with Crippen LogP contribution in [0.25, 0.3) is 5.65 Å². The molecule has 23 heavy (non-hydrogen) atoms. The number of nitrogens with one attached hydrogen (secondary N) is 3. The highest BCUT2D eigenvalue weighted by molar-refractivity contribution is 6.00. The van der Waals surface area contributed by atoms with Gasteiger partial charge in [0, 0.05) is 25.4 Å². The highest BCUT2D eigenvalue weighted by Crippen LogP contribution is 2.24. The van der Waals surface area contributed by atoms with Crippen LogP contribution in [0.2, 0.25) is 0 Å². The molecule has 1 aliphatic carbocycles. The molecule has 4 rings (SSSR count). The third-order valence-corrected chi connectivity index (χ3v) is 4.17. The first-order valence-corrected chi connectivity index (χ1v) is 7.76. The zero-order valence-corrected chi connectivity index (χ0v) is 12.9. The summed E-state index contributed by atoms with van der Waals surface area (Å²) in [4.78, 5) is 17.0. The van der Waals surface area contributed by atoms with Crippen molar-refractivity contribution in [3.63, 3.8) is 0 Å². The molecule has 3 N–H and O–H groups in total. The average molecular weight is 310 g/mol. The molecule has 4 bridgehead atoms. The lowest BCUT2D eigenvalue weighted by Gasteiger charge is -2.17. The van der Waals surface area contributed by atoms with Crippen molar-refractivity contribution >= 4 is 23.2 Å². The van der Waals surface area contributed by atoms with Crippen LogP contribution in [0.1, 0.15) is 29.6 Å². The molecule has 0 fully saturated rings. The van der Waals surface area contributed by atoms with Crippen molar-refractivity contribution in [2.24, 2.45) is 0 Å². The van der Waals surface area contributed by atoms with Crippen molar-refractivity contribution in [2.75, 3.05) is 24.2 Å². The van der Waals surface area contributed by atoms with E-state index in [0.717, 1.165) is 30.8 Å². The highest BCUT2D eigenvalue weighted by Gasteiger charge is 2.18. The molecule has 0 atom stereocenters. The standard InChI is InChI=1S/C16H18N6O/c1-17-14-8-13-20-11-4-2-3-10(7-11)5-6-18-16(23)12-9-19-22(14)15(12)21-13/h4,7-9,17H,2-3,5-6H2,1H3,(H,18,23)(H,20,21). The summed E-state index contributed by atoms with van der Waals surface area (Å²) < 4.78 is 1.64. The average Bonchev–Trinajstić information content (AvgIpc) is 2.97. The van der Waals surface area contributed by atoms with Gasteiger partial charge >= 0.3 is 0 Å². The Bertz CT molecular complexity index is 848. The Labute approximate surface area is 133 Å². The summed E-state index contributed by atoms with van der Waals surface area (Å²) in [5, 5.41) is 13.7. The zero-order chi connectivity index (χ0) is 15.8. The second-order valence-electron chi connectivity index (χ2n) is 5.70. The van der Waals surface area contributed by atoms with Gasteiger partial charge in [-0.05, 0) is 25.3 Å². The van der Waals surface area contributed by atoms with Gasteiger partial charge in [-0.25, -0.2) is 4.98 Å². The predicted molar refractivity (Wildman–Crippen MR) is 88.5 cm³/mol. The van der Waals surface area contributed by atoms with Crippen LogP contribution in [-0.2, 0) is 0 Å². The van der Waals surface area contributed by atoms with Gasteiger partial charge in [0.2, 0.25) is 0 Å². The second kappa shape index (κ2) is 5.42. The van der Waals surface area contributed by atoms with E-state index in [4.69, 9.17) is 0 Å². The number of fused-ring (bicyclic) bond motifs is 2. The Morgan fingerprint density at radius 3 is 3.13 bits per heavy atom. The van der Waals surface area contributed by atoms with Gasteiger partial charge in [0.05, 0.1) is 6.20 Å². The van der Waals surface area contributed by atoms with E-state index in [1.807, 2.05) is 13.1 Å². The predicted octanol–water partition coefficient (Wildman–Crippen LogP) is 1.92. The van der Waals surface area contributed by atoms with Crippen LogP contribution in [0.4, 0.5) is 11.6 Å². The molecule has 118 valence electrons. The number of anilines is 2. The van der Waals surface area contributed by atoms with Gasteiger partial charge in [0.15, 0.2) is 5.65 Å². The van der Waals surface area contributed by atoms with Crippen LogP contribution < -0.4 is 16.0 Å². The maximum Gasteiger partial charge on any atom is 0.256 e. The van der Waals surface area contributed by atoms with E-state index in [1.165, 1.54) is 5.57 Å². The Hall–Kier alpha value is -2.83. The highest BCUT2D eigenvalue weighted by atomic mass is 16.1. The lowest BCUT2D eigenvalue weighted by Crippen LogP contribution is -2.25. The molecule has 1 aliphatic heterocycles. The van der Waals surface area contributed by atoms with Crippen molar-refractivity contribution in [1.82, 2.24) is 19.9 Å². The number of allylic oxidation sites excluding steroid dienone is 2. The number of carbonyl (C=O) groups excluding carboxylic acids is 1. The van der Waals surface area contributed by atoms with Crippen molar-refractivity contribution in [2.45, 2.75) is 19.3 Å². The van der Waals surface area contributed by atoms with Gasteiger partial charge in [0.25, 0.3) is 5.91 Å². The molecule has 7 heteroatoms. The molecule has 0 aromatic carbocycles. The third kappa shape index (κ3) is 2.44. The molecule has 0 saturated heterocycles. The third-order valence-electron chi connectivity index (χ3n) is 4.17. The van der Waals surface area contributed by atoms with Crippen molar-refractivity contribution in [1.29, 1.82) is 0 Å². The molecule has 0 radical (unpaired) electrons. The number of hydrogen-bond donors (Lipinski definition) is 3.